The van der Waals surface area contributed by atoms with Crippen molar-refractivity contribution in [1.82, 2.24) is 10.0 Å². The minimum Gasteiger partial charge on any atom is -0.345 e. The highest BCUT2D eigenvalue weighted by molar-refractivity contribution is 7.89. The second-order valence-corrected chi connectivity index (χ2v) is 9.38. The van der Waals surface area contributed by atoms with Crippen molar-refractivity contribution >= 4 is 15.9 Å². The average Bonchev–Trinajstić information content (AvgIpc) is 2.52. The van der Waals surface area contributed by atoms with Gasteiger partial charge in [0.1, 0.15) is 11.6 Å². The summed E-state index contributed by atoms with van der Waals surface area (Å²) in [6, 6.07) is 6.62. The van der Waals surface area contributed by atoms with Crippen LogP contribution < -0.4 is 10.0 Å². The molecule has 0 radical (unpaired) electrons. The van der Waals surface area contributed by atoms with Gasteiger partial charge in [0.25, 0.3) is 5.91 Å². The number of carbonyl (C=O) groups excluding carboxylic acids is 1. The fourth-order valence-electron chi connectivity index (χ4n) is 2.68. The van der Waals surface area contributed by atoms with E-state index in [1.165, 1.54) is 24.3 Å². The monoisotopic (exact) mass is 410 g/mol. The Labute approximate surface area is 164 Å². The number of aryl methyl sites for hydroxylation is 1. The van der Waals surface area contributed by atoms with Crippen LogP contribution in [0.2, 0.25) is 0 Å². The van der Waals surface area contributed by atoms with E-state index in [2.05, 4.69) is 10.0 Å². The minimum absolute atomic E-state index is 0.0428. The summed E-state index contributed by atoms with van der Waals surface area (Å²) in [5.41, 5.74) is 0.177. The van der Waals surface area contributed by atoms with E-state index >= 15 is 0 Å². The van der Waals surface area contributed by atoms with Crippen molar-refractivity contribution in [2.75, 3.05) is 0 Å². The van der Waals surface area contributed by atoms with Gasteiger partial charge in [0.05, 0.1) is 10.9 Å². The van der Waals surface area contributed by atoms with Crippen LogP contribution >= 0.6 is 0 Å². The van der Waals surface area contributed by atoms with Crippen LogP contribution in [0.15, 0.2) is 41.3 Å². The largest absolute Gasteiger partial charge is 0.345 e. The van der Waals surface area contributed by atoms with Gasteiger partial charge in [-0.25, -0.2) is 21.9 Å². The molecule has 2 N–H and O–H groups in total. The van der Waals surface area contributed by atoms with E-state index in [0.29, 0.717) is 5.56 Å². The highest BCUT2D eigenvalue weighted by Gasteiger charge is 2.24. The smallest absolute Gasteiger partial charge is 0.252 e. The summed E-state index contributed by atoms with van der Waals surface area (Å²) in [5.74, 6) is -2.03. The first-order valence-electron chi connectivity index (χ1n) is 8.70. The first-order valence-corrected chi connectivity index (χ1v) is 10.2. The van der Waals surface area contributed by atoms with Gasteiger partial charge in [-0.2, -0.15) is 0 Å². The lowest BCUT2D eigenvalue weighted by Crippen LogP contribution is -2.40. The zero-order chi connectivity index (χ0) is 21.3. The molecule has 1 amide bonds. The van der Waals surface area contributed by atoms with Gasteiger partial charge in [0.2, 0.25) is 10.0 Å². The van der Waals surface area contributed by atoms with Crippen molar-refractivity contribution in [2.24, 2.45) is 0 Å². The quantitative estimate of drug-likeness (QED) is 0.786. The molecule has 0 aliphatic carbocycles. The first kappa shape index (κ1) is 22.0. The molecule has 1 atom stereocenters. The molecular weight excluding hydrogens is 386 g/mol. The third kappa shape index (κ3) is 5.36. The normalized spacial score (nSPS) is 13.2. The number of hydrogen-bond acceptors (Lipinski definition) is 3. The Kier molecular flexibility index (Phi) is 6.25. The highest BCUT2D eigenvalue weighted by Crippen LogP contribution is 2.21. The summed E-state index contributed by atoms with van der Waals surface area (Å²) in [6.45, 7) is 8.37. The Morgan fingerprint density at radius 2 is 1.71 bits per heavy atom. The molecule has 2 aromatic rings. The van der Waals surface area contributed by atoms with Gasteiger partial charge in [-0.1, -0.05) is 12.1 Å². The number of halogens is 2. The third-order valence-electron chi connectivity index (χ3n) is 3.98. The fourth-order valence-corrected chi connectivity index (χ4v) is 4.12. The van der Waals surface area contributed by atoms with E-state index in [4.69, 9.17) is 0 Å². The molecule has 2 rings (SSSR count). The SMILES string of the molecule is Cc1ccc(S(=O)(=O)NC(C)(C)C)cc1C(=O)NC(C)c1ccc(F)cc1F. The summed E-state index contributed by atoms with van der Waals surface area (Å²) in [5, 5.41) is 2.62. The Morgan fingerprint density at radius 3 is 2.29 bits per heavy atom. The number of sulfonamides is 1. The molecule has 0 heterocycles. The van der Waals surface area contributed by atoms with Gasteiger partial charge in [-0.15, -0.1) is 0 Å². The molecule has 2 aromatic carbocycles. The summed E-state index contributed by atoms with van der Waals surface area (Å²) >= 11 is 0. The molecule has 0 saturated carbocycles. The number of carbonyl (C=O) groups is 1. The summed E-state index contributed by atoms with van der Waals surface area (Å²) in [7, 11) is -3.81. The molecular formula is C20H24F2N2O3S. The topological polar surface area (TPSA) is 75.3 Å². The van der Waals surface area contributed by atoms with Crippen LogP contribution in [-0.4, -0.2) is 19.9 Å². The molecule has 0 aliphatic rings. The Morgan fingerprint density at radius 1 is 1.07 bits per heavy atom. The van der Waals surface area contributed by atoms with Gasteiger partial charge in [0, 0.05) is 22.7 Å². The van der Waals surface area contributed by atoms with Crippen LogP contribution in [0.4, 0.5) is 8.78 Å². The number of amides is 1. The molecule has 5 nitrogen and oxygen atoms in total. The molecule has 1 unspecified atom stereocenters. The van der Waals surface area contributed by atoms with E-state index < -0.39 is 39.1 Å². The number of hydrogen-bond donors (Lipinski definition) is 2. The maximum Gasteiger partial charge on any atom is 0.252 e. The molecule has 0 aliphatic heterocycles. The average molecular weight is 410 g/mol. The van der Waals surface area contributed by atoms with Crippen LogP contribution in [0.1, 0.15) is 55.2 Å². The first-order chi connectivity index (χ1) is 12.8. The summed E-state index contributed by atoms with van der Waals surface area (Å²) in [4.78, 5) is 12.6. The van der Waals surface area contributed by atoms with E-state index in [9.17, 15) is 22.0 Å². The Balaban J connectivity index is 2.30. The maximum atomic E-state index is 13.9. The molecule has 28 heavy (non-hydrogen) atoms. The van der Waals surface area contributed by atoms with Crippen LogP contribution in [0.25, 0.3) is 0 Å². The lowest BCUT2D eigenvalue weighted by molar-refractivity contribution is 0.0938. The van der Waals surface area contributed by atoms with Gasteiger partial charge in [-0.05, 0) is 58.4 Å². The van der Waals surface area contributed by atoms with Crippen LogP contribution in [-0.2, 0) is 10.0 Å². The van der Waals surface area contributed by atoms with Crippen molar-refractivity contribution in [3.8, 4) is 0 Å². The zero-order valence-corrected chi connectivity index (χ0v) is 17.2. The second-order valence-electron chi connectivity index (χ2n) is 7.69. The van der Waals surface area contributed by atoms with E-state index in [0.717, 1.165) is 12.1 Å². The molecule has 0 saturated heterocycles. The van der Waals surface area contributed by atoms with Crippen molar-refractivity contribution < 1.29 is 22.0 Å². The standard InChI is InChI=1S/C20H24F2N2O3S/c1-12-6-8-15(28(26,27)24-20(3,4)5)11-17(12)19(25)23-13(2)16-9-7-14(21)10-18(16)22/h6-11,13,24H,1-5H3,(H,23,25). The van der Waals surface area contributed by atoms with Crippen molar-refractivity contribution in [3.05, 3.63) is 64.7 Å². The van der Waals surface area contributed by atoms with Crippen molar-refractivity contribution in [1.29, 1.82) is 0 Å². The van der Waals surface area contributed by atoms with Crippen LogP contribution in [0.3, 0.4) is 0 Å². The van der Waals surface area contributed by atoms with Crippen LogP contribution in [0.5, 0.6) is 0 Å². The van der Waals surface area contributed by atoms with E-state index in [1.54, 1.807) is 34.6 Å². The van der Waals surface area contributed by atoms with Crippen LogP contribution in [0, 0.1) is 18.6 Å². The fraction of sp³-hybridized carbons (Fsp3) is 0.350. The zero-order valence-electron chi connectivity index (χ0n) is 16.4. The summed E-state index contributed by atoms with van der Waals surface area (Å²) < 4.78 is 54.6. The Hall–Kier alpha value is -2.32. The predicted molar refractivity (Wildman–Crippen MR) is 103 cm³/mol. The van der Waals surface area contributed by atoms with E-state index in [-0.39, 0.29) is 16.0 Å². The molecule has 0 bridgehead atoms. The number of benzene rings is 2. The molecule has 0 fully saturated rings. The molecule has 8 heteroatoms. The molecule has 0 aromatic heterocycles. The minimum atomic E-state index is -3.81. The van der Waals surface area contributed by atoms with Crippen molar-refractivity contribution in [2.45, 2.75) is 51.1 Å². The van der Waals surface area contributed by atoms with E-state index in [1.807, 2.05) is 0 Å². The summed E-state index contributed by atoms with van der Waals surface area (Å²) in [6.07, 6.45) is 0. The number of rotatable bonds is 5. The van der Waals surface area contributed by atoms with Gasteiger partial charge in [-0.3, -0.25) is 4.79 Å². The number of nitrogens with one attached hydrogen (secondary N) is 2. The highest BCUT2D eigenvalue weighted by atomic mass is 32.2. The van der Waals surface area contributed by atoms with Gasteiger partial charge < -0.3 is 5.32 Å². The van der Waals surface area contributed by atoms with Crippen molar-refractivity contribution in [3.63, 3.8) is 0 Å². The van der Waals surface area contributed by atoms with Gasteiger partial charge >= 0.3 is 0 Å². The third-order valence-corrected chi connectivity index (χ3v) is 5.74. The molecule has 0 spiro atoms. The van der Waals surface area contributed by atoms with Gasteiger partial charge in [0.15, 0.2) is 0 Å². The second kappa shape index (κ2) is 7.97. The lowest BCUT2D eigenvalue weighted by Gasteiger charge is -2.21. The Bertz CT molecular complexity index is 999. The molecule has 152 valence electrons. The lowest BCUT2D eigenvalue weighted by atomic mass is 10.1. The predicted octanol–water partition coefficient (Wildman–Crippen LogP) is 3.84. The maximum absolute atomic E-state index is 13.9.